The van der Waals surface area contributed by atoms with Crippen molar-refractivity contribution in [3.63, 3.8) is 0 Å². The smallest absolute Gasteiger partial charge is 0.225 e. The van der Waals surface area contributed by atoms with Gasteiger partial charge in [-0.2, -0.15) is 4.98 Å². The number of rotatable bonds is 6. The zero-order chi connectivity index (χ0) is 15.5. The Balaban J connectivity index is 1.85. The molecule has 0 spiro atoms. The van der Waals surface area contributed by atoms with Crippen LogP contribution in [0.5, 0.6) is 0 Å². The fourth-order valence-electron chi connectivity index (χ4n) is 2.16. The fourth-order valence-corrected chi connectivity index (χ4v) is 2.35. The highest BCUT2D eigenvalue weighted by molar-refractivity contribution is 6.30. The Morgan fingerprint density at radius 3 is 2.82 bits per heavy atom. The Kier molecular flexibility index (Phi) is 4.45. The van der Waals surface area contributed by atoms with Crippen molar-refractivity contribution in [1.82, 2.24) is 9.97 Å². The van der Waals surface area contributed by atoms with E-state index in [9.17, 15) is 5.11 Å². The van der Waals surface area contributed by atoms with Crippen molar-refractivity contribution in [3.05, 3.63) is 41.0 Å². The topological polar surface area (TPSA) is 70.1 Å². The first-order valence-electron chi connectivity index (χ1n) is 7.43. The first-order valence-corrected chi connectivity index (χ1v) is 7.81. The number of halogens is 1. The van der Waals surface area contributed by atoms with Gasteiger partial charge in [-0.25, -0.2) is 4.98 Å². The third kappa shape index (κ3) is 3.87. The molecular weight excluding hydrogens is 300 g/mol. The van der Waals surface area contributed by atoms with Gasteiger partial charge in [-0.05, 0) is 38.0 Å². The SMILES string of the molecule is C[C@@H](CO)Nc1nc(Nc2cccc(Cl)c2)cc(C2CC2)n1. The number of hydrogen-bond donors (Lipinski definition) is 3. The lowest BCUT2D eigenvalue weighted by Gasteiger charge is -2.14. The van der Waals surface area contributed by atoms with Crippen LogP contribution in [0, 0.1) is 0 Å². The molecule has 6 heteroatoms. The number of nitrogens with one attached hydrogen (secondary N) is 2. The van der Waals surface area contributed by atoms with Gasteiger partial charge in [0.2, 0.25) is 5.95 Å². The molecule has 1 fully saturated rings. The highest BCUT2D eigenvalue weighted by atomic mass is 35.5. The van der Waals surface area contributed by atoms with Gasteiger partial charge in [0.1, 0.15) is 5.82 Å². The van der Waals surface area contributed by atoms with E-state index in [1.54, 1.807) is 0 Å². The van der Waals surface area contributed by atoms with Crippen LogP contribution in [0.4, 0.5) is 17.5 Å². The number of aliphatic hydroxyl groups is 1. The second kappa shape index (κ2) is 6.50. The predicted octanol–water partition coefficient (Wildman–Crippen LogP) is 3.54. The van der Waals surface area contributed by atoms with Crippen LogP contribution in [0.2, 0.25) is 5.02 Å². The molecule has 0 aliphatic heterocycles. The first-order chi connectivity index (χ1) is 10.6. The van der Waals surface area contributed by atoms with Crippen molar-refractivity contribution >= 4 is 29.1 Å². The maximum atomic E-state index is 9.17. The lowest BCUT2D eigenvalue weighted by Crippen LogP contribution is -2.21. The quantitative estimate of drug-likeness (QED) is 0.760. The third-order valence-electron chi connectivity index (χ3n) is 3.49. The average Bonchev–Trinajstić information content (AvgIpc) is 3.31. The lowest BCUT2D eigenvalue weighted by molar-refractivity contribution is 0.281. The molecule has 0 unspecified atom stereocenters. The van der Waals surface area contributed by atoms with Gasteiger partial charge in [-0.3, -0.25) is 0 Å². The molecule has 1 heterocycles. The van der Waals surface area contributed by atoms with E-state index in [1.165, 1.54) is 12.8 Å². The third-order valence-corrected chi connectivity index (χ3v) is 3.72. The van der Waals surface area contributed by atoms with Gasteiger partial charge in [0.05, 0.1) is 12.3 Å². The van der Waals surface area contributed by atoms with Gasteiger partial charge in [-0.1, -0.05) is 17.7 Å². The van der Waals surface area contributed by atoms with Crippen LogP contribution in [0.15, 0.2) is 30.3 Å². The molecule has 0 amide bonds. The molecule has 0 saturated heterocycles. The molecular formula is C16H19ClN4O. The van der Waals surface area contributed by atoms with E-state index < -0.39 is 0 Å². The molecule has 5 nitrogen and oxygen atoms in total. The van der Waals surface area contributed by atoms with E-state index in [-0.39, 0.29) is 12.6 Å². The van der Waals surface area contributed by atoms with Gasteiger partial charge >= 0.3 is 0 Å². The second-order valence-electron chi connectivity index (χ2n) is 5.64. The standard InChI is InChI=1S/C16H19ClN4O/c1-10(9-22)18-16-20-14(11-5-6-11)8-15(21-16)19-13-4-2-3-12(17)7-13/h2-4,7-8,10-11,22H,5-6,9H2,1H3,(H2,18,19,20,21)/t10-/m0/s1. The summed E-state index contributed by atoms with van der Waals surface area (Å²) in [6.45, 7) is 1.92. The Labute approximate surface area is 134 Å². The van der Waals surface area contributed by atoms with Crippen molar-refractivity contribution in [1.29, 1.82) is 0 Å². The van der Waals surface area contributed by atoms with Crippen LogP contribution in [0.1, 0.15) is 31.4 Å². The summed E-state index contributed by atoms with van der Waals surface area (Å²) >= 11 is 6.01. The number of aliphatic hydroxyl groups excluding tert-OH is 1. The van der Waals surface area contributed by atoms with Crippen LogP contribution >= 0.6 is 11.6 Å². The minimum Gasteiger partial charge on any atom is -0.394 e. The largest absolute Gasteiger partial charge is 0.394 e. The summed E-state index contributed by atoms with van der Waals surface area (Å²) < 4.78 is 0. The molecule has 0 radical (unpaired) electrons. The Bertz CT molecular complexity index is 660. The van der Waals surface area contributed by atoms with E-state index in [0.717, 1.165) is 17.2 Å². The average molecular weight is 319 g/mol. The minimum absolute atomic E-state index is 0.0358. The highest BCUT2D eigenvalue weighted by Gasteiger charge is 2.26. The van der Waals surface area contributed by atoms with Crippen LogP contribution < -0.4 is 10.6 Å². The Morgan fingerprint density at radius 2 is 2.14 bits per heavy atom. The molecule has 1 saturated carbocycles. The molecule has 3 rings (SSSR count). The van der Waals surface area contributed by atoms with E-state index in [1.807, 2.05) is 37.3 Å². The van der Waals surface area contributed by atoms with Gasteiger partial charge in [0.25, 0.3) is 0 Å². The first kappa shape index (κ1) is 15.1. The monoisotopic (exact) mass is 318 g/mol. The summed E-state index contributed by atoms with van der Waals surface area (Å²) in [5, 5.41) is 16.2. The number of hydrogen-bond acceptors (Lipinski definition) is 5. The van der Waals surface area contributed by atoms with Crippen molar-refractivity contribution in [2.24, 2.45) is 0 Å². The van der Waals surface area contributed by atoms with Gasteiger partial charge in [0, 0.05) is 28.7 Å². The van der Waals surface area contributed by atoms with Crippen LogP contribution in [-0.4, -0.2) is 27.7 Å². The molecule has 3 N–H and O–H groups in total. The van der Waals surface area contributed by atoms with E-state index in [2.05, 4.69) is 20.6 Å². The summed E-state index contributed by atoms with van der Waals surface area (Å²) in [4.78, 5) is 9.01. The lowest BCUT2D eigenvalue weighted by atomic mass is 10.2. The maximum absolute atomic E-state index is 9.17. The molecule has 1 aromatic carbocycles. The number of benzene rings is 1. The zero-order valence-electron chi connectivity index (χ0n) is 12.4. The van der Waals surface area contributed by atoms with E-state index in [0.29, 0.717) is 16.9 Å². The molecule has 0 bridgehead atoms. The zero-order valence-corrected chi connectivity index (χ0v) is 13.1. The minimum atomic E-state index is -0.0894. The van der Waals surface area contributed by atoms with E-state index >= 15 is 0 Å². The number of anilines is 3. The fraction of sp³-hybridized carbons (Fsp3) is 0.375. The van der Waals surface area contributed by atoms with Crippen LogP contribution in [-0.2, 0) is 0 Å². The Hall–Kier alpha value is -1.85. The number of aromatic nitrogens is 2. The van der Waals surface area contributed by atoms with E-state index in [4.69, 9.17) is 11.6 Å². The highest BCUT2D eigenvalue weighted by Crippen LogP contribution is 2.40. The van der Waals surface area contributed by atoms with Crippen molar-refractivity contribution in [3.8, 4) is 0 Å². The normalized spacial score (nSPS) is 15.4. The summed E-state index contributed by atoms with van der Waals surface area (Å²) in [6, 6.07) is 9.40. The van der Waals surface area contributed by atoms with Gasteiger partial charge in [0.15, 0.2) is 0 Å². The predicted molar refractivity (Wildman–Crippen MR) is 88.9 cm³/mol. The van der Waals surface area contributed by atoms with Gasteiger partial charge in [-0.15, -0.1) is 0 Å². The summed E-state index contributed by atoms with van der Waals surface area (Å²) in [7, 11) is 0. The molecule has 1 aliphatic carbocycles. The molecule has 22 heavy (non-hydrogen) atoms. The number of nitrogens with zero attached hydrogens (tertiary/aromatic N) is 2. The molecule has 1 aromatic heterocycles. The van der Waals surface area contributed by atoms with Crippen LogP contribution in [0.3, 0.4) is 0 Å². The van der Waals surface area contributed by atoms with Gasteiger partial charge < -0.3 is 15.7 Å². The molecule has 1 aliphatic rings. The summed E-state index contributed by atoms with van der Waals surface area (Å²) in [5.41, 5.74) is 1.92. The van der Waals surface area contributed by atoms with Crippen molar-refractivity contribution in [2.75, 3.05) is 17.2 Å². The Morgan fingerprint density at radius 1 is 1.32 bits per heavy atom. The summed E-state index contributed by atoms with van der Waals surface area (Å²) in [6.07, 6.45) is 2.34. The maximum Gasteiger partial charge on any atom is 0.225 e. The van der Waals surface area contributed by atoms with Crippen molar-refractivity contribution in [2.45, 2.75) is 31.7 Å². The molecule has 2 aromatic rings. The molecule has 116 valence electrons. The van der Waals surface area contributed by atoms with Crippen molar-refractivity contribution < 1.29 is 5.11 Å². The summed E-state index contributed by atoms with van der Waals surface area (Å²) in [5.74, 6) is 1.79. The second-order valence-corrected chi connectivity index (χ2v) is 6.08. The van der Waals surface area contributed by atoms with Crippen LogP contribution in [0.25, 0.3) is 0 Å². The molecule has 1 atom stereocenters.